The van der Waals surface area contributed by atoms with Crippen LogP contribution in [0.4, 0.5) is 18.9 Å². The van der Waals surface area contributed by atoms with Crippen LogP contribution in [0.2, 0.25) is 0 Å². The topological polar surface area (TPSA) is 43.4 Å². The van der Waals surface area contributed by atoms with Gasteiger partial charge < -0.3 is 14.8 Å². The van der Waals surface area contributed by atoms with Crippen molar-refractivity contribution in [2.45, 2.75) is 12.7 Å². The molecule has 1 aromatic heterocycles. The third-order valence-electron chi connectivity index (χ3n) is 6.54. The lowest BCUT2D eigenvalue weighted by Crippen LogP contribution is -2.15. The van der Waals surface area contributed by atoms with Gasteiger partial charge >= 0.3 is 6.18 Å². The van der Waals surface area contributed by atoms with Crippen LogP contribution < -0.4 is 14.8 Å². The Morgan fingerprint density at radius 3 is 2.34 bits per heavy atom. The number of nitrogens with one attached hydrogen (secondary N) is 1. The number of halogens is 3. The molecular formula is C31H23F3N2O2. The number of hydrogen-bond acceptors (Lipinski definition) is 4. The molecule has 0 radical (unpaired) electrons. The van der Waals surface area contributed by atoms with Crippen molar-refractivity contribution in [1.82, 2.24) is 4.98 Å². The number of alkyl halides is 3. The van der Waals surface area contributed by atoms with E-state index in [0.29, 0.717) is 30.7 Å². The molecule has 0 spiro atoms. The first-order chi connectivity index (χ1) is 18.5. The molecule has 2 heterocycles. The zero-order valence-electron chi connectivity index (χ0n) is 20.3. The lowest BCUT2D eigenvalue weighted by molar-refractivity contribution is -0.136. The Hall–Kier alpha value is -4.52. The van der Waals surface area contributed by atoms with Gasteiger partial charge in [0.2, 0.25) is 0 Å². The summed E-state index contributed by atoms with van der Waals surface area (Å²) in [6, 6.07) is 27.3. The summed E-state index contributed by atoms with van der Waals surface area (Å²) in [7, 11) is 0. The van der Waals surface area contributed by atoms with Crippen LogP contribution in [-0.2, 0) is 12.7 Å². The smallest absolute Gasteiger partial charge is 0.418 e. The first-order valence-corrected chi connectivity index (χ1v) is 12.2. The minimum Gasteiger partial charge on any atom is -0.486 e. The van der Waals surface area contributed by atoms with E-state index in [2.05, 4.69) is 10.3 Å². The predicted molar refractivity (Wildman–Crippen MR) is 142 cm³/mol. The van der Waals surface area contributed by atoms with Crippen molar-refractivity contribution in [2.24, 2.45) is 0 Å². The Labute approximate surface area is 217 Å². The van der Waals surface area contributed by atoms with E-state index in [4.69, 9.17) is 9.47 Å². The molecule has 190 valence electrons. The van der Waals surface area contributed by atoms with Crippen molar-refractivity contribution in [2.75, 3.05) is 18.5 Å². The number of anilines is 1. The molecule has 0 atom stereocenters. The SMILES string of the molecule is FC(F)(F)c1cccc2c(-c3cccc(NCc4ccc5c(c4)OCCO5)c3)c(-c3ccccc3)cnc12. The first-order valence-electron chi connectivity index (χ1n) is 12.2. The monoisotopic (exact) mass is 512 g/mol. The highest BCUT2D eigenvalue weighted by Crippen LogP contribution is 2.42. The molecule has 0 aliphatic carbocycles. The minimum absolute atomic E-state index is 0.0654. The number of ether oxygens (including phenoxy) is 2. The third-order valence-corrected chi connectivity index (χ3v) is 6.54. The van der Waals surface area contributed by atoms with Crippen LogP contribution in [0, 0.1) is 0 Å². The summed E-state index contributed by atoms with van der Waals surface area (Å²) in [6.45, 7) is 1.60. The first kappa shape index (κ1) is 23.9. The fourth-order valence-electron chi connectivity index (χ4n) is 4.79. The molecule has 0 unspecified atom stereocenters. The van der Waals surface area contributed by atoms with E-state index >= 15 is 0 Å². The Morgan fingerprint density at radius 2 is 1.53 bits per heavy atom. The molecule has 7 heteroatoms. The summed E-state index contributed by atoms with van der Waals surface area (Å²) in [5.41, 5.74) is 4.19. The normalized spacial score (nSPS) is 12.9. The highest BCUT2D eigenvalue weighted by Gasteiger charge is 2.33. The van der Waals surface area contributed by atoms with Crippen LogP contribution >= 0.6 is 0 Å². The molecule has 0 saturated carbocycles. The largest absolute Gasteiger partial charge is 0.486 e. The Bertz CT molecular complexity index is 1620. The van der Waals surface area contributed by atoms with E-state index in [1.54, 1.807) is 6.07 Å². The van der Waals surface area contributed by atoms with Crippen LogP contribution in [0.25, 0.3) is 33.2 Å². The van der Waals surface area contributed by atoms with Crippen molar-refractivity contribution < 1.29 is 22.6 Å². The molecule has 6 rings (SSSR count). The second-order valence-corrected chi connectivity index (χ2v) is 9.02. The van der Waals surface area contributed by atoms with E-state index in [-0.39, 0.29) is 5.52 Å². The zero-order valence-corrected chi connectivity index (χ0v) is 20.3. The van der Waals surface area contributed by atoms with Crippen LogP contribution in [0.3, 0.4) is 0 Å². The third kappa shape index (κ3) is 4.63. The number of para-hydroxylation sites is 1. The predicted octanol–water partition coefficient (Wildman–Crippen LogP) is 7.97. The summed E-state index contributed by atoms with van der Waals surface area (Å²) >= 11 is 0. The Balaban J connectivity index is 1.41. The maximum absolute atomic E-state index is 13.8. The number of fused-ring (bicyclic) bond motifs is 2. The lowest BCUT2D eigenvalue weighted by Gasteiger charge is -2.19. The van der Waals surface area contributed by atoms with Gasteiger partial charge in [-0.1, -0.05) is 60.7 Å². The highest BCUT2D eigenvalue weighted by atomic mass is 19.4. The number of rotatable bonds is 5. The second-order valence-electron chi connectivity index (χ2n) is 9.02. The minimum atomic E-state index is -4.51. The molecule has 1 aliphatic rings. The van der Waals surface area contributed by atoms with Crippen LogP contribution in [0.15, 0.2) is 97.2 Å². The van der Waals surface area contributed by atoms with Crippen LogP contribution in [-0.4, -0.2) is 18.2 Å². The average molecular weight is 513 g/mol. The number of hydrogen-bond donors (Lipinski definition) is 1. The van der Waals surface area contributed by atoms with Crippen molar-refractivity contribution in [3.8, 4) is 33.8 Å². The molecule has 1 N–H and O–H groups in total. The van der Waals surface area contributed by atoms with Gasteiger partial charge in [0.15, 0.2) is 11.5 Å². The highest BCUT2D eigenvalue weighted by molar-refractivity contribution is 6.03. The molecule has 0 amide bonds. The molecule has 4 nitrogen and oxygen atoms in total. The molecule has 5 aromatic rings. The molecule has 38 heavy (non-hydrogen) atoms. The molecular weight excluding hydrogens is 489 g/mol. The van der Waals surface area contributed by atoms with E-state index in [9.17, 15) is 13.2 Å². The summed E-state index contributed by atoms with van der Waals surface area (Å²) < 4.78 is 52.8. The van der Waals surface area contributed by atoms with Gasteiger partial charge in [0.1, 0.15) is 13.2 Å². The van der Waals surface area contributed by atoms with Gasteiger partial charge in [-0.3, -0.25) is 4.98 Å². The standard InChI is InChI=1S/C31H23F3N2O2/c32-31(33,34)26-11-5-10-24-29(25(19-36-30(24)26)21-6-2-1-3-7-21)22-8-4-9-23(17-22)35-18-20-12-13-27-28(16-20)38-15-14-37-27/h1-13,16-17,19,35H,14-15,18H2. The fourth-order valence-corrected chi connectivity index (χ4v) is 4.79. The van der Waals surface area contributed by atoms with Gasteiger partial charge in [-0.25, -0.2) is 0 Å². The number of aromatic nitrogens is 1. The zero-order chi connectivity index (χ0) is 26.1. The Kier molecular flexibility index (Phi) is 6.12. The number of pyridine rings is 1. The number of benzene rings is 4. The Morgan fingerprint density at radius 1 is 0.763 bits per heavy atom. The van der Waals surface area contributed by atoms with E-state index in [0.717, 1.165) is 45.5 Å². The van der Waals surface area contributed by atoms with Crippen LogP contribution in [0.1, 0.15) is 11.1 Å². The quantitative estimate of drug-likeness (QED) is 0.259. The van der Waals surface area contributed by atoms with Gasteiger partial charge in [0.25, 0.3) is 0 Å². The molecule has 0 bridgehead atoms. The molecule has 0 saturated heterocycles. The van der Waals surface area contributed by atoms with E-state index < -0.39 is 11.7 Å². The second kappa shape index (κ2) is 9.74. The van der Waals surface area contributed by atoms with Crippen LogP contribution in [0.5, 0.6) is 11.5 Å². The van der Waals surface area contributed by atoms with Gasteiger partial charge in [0, 0.05) is 34.9 Å². The summed E-state index contributed by atoms with van der Waals surface area (Å²) in [5.74, 6) is 1.46. The van der Waals surface area contributed by atoms with Crippen molar-refractivity contribution in [1.29, 1.82) is 0 Å². The maximum Gasteiger partial charge on any atom is 0.418 e. The summed E-state index contributed by atoms with van der Waals surface area (Å²) in [6.07, 6.45) is -2.97. The molecule has 1 aliphatic heterocycles. The lowest BCUT2D eigenvalue weighted by atomic mass is 9.91. The van der Waals surface area contributed by atoms with Crippen molar-refractivity contribution in [3.05, 3.63) is 108 Å². The van der Waals surface area contributed by atoms with Crippen molar-refractivity contribution >= 4 is 16.6 Å². The summed E-state index contributed by atoms with van der Waals surface area (Å²) in [5, 5.41) is 3.88. The van der Waals surface area contributed by atoms with E-state index in [1.807, 2.05) is 72.8 Å². The summed E-state index contributed by atoms with van der Waals surface area (Å²) in [4.78, 5) is 4.29. The molecule has 0 fully saturated rings. The maximum atomic E-state index is 13.8. The van der Waals surface area contributed by atoms with Crippen molar-refractivity contribution in [3.63, 3.8) is 0 Å². The van der Waals surface area contributed by atoms with Gasteiger partial charge in [0.05, 0.1) is 11.1 Å². The van der Waals surface area contributed by atoms with Gasteiger partial charge in [-0.2, -0.15) is 13.2 Å². The van der Waals surface area contributed by atoms with Gasteiger partial charge in [-0.05, 0) is 47.0 Å². The van der Waals surface area contributed by atoms with Gasteiger partial charge in [-0.15, -0.1) is 0 Å². The fraction of sp³-hybridized carbons (Fsp3) is 0.129. The van der Waals surface area contributed by atoms with E-state index in [1.165, 1.54) is 12.3 Å². The average Bonchev–Trinajstić information content (AvgIpc) is 2.95. The number of nitrogens with zero attached hydrogens (tertiary/aromatic N) is 1. The molecule has 4 aromatic carbocycles.